The number of halogens is 5. The first-order chi connectivity index (χ1) is 13.5. The van der Waals surface area contributed by atoms with Gasteiger partial charge in [-0.2, -0.15) is 13.2 Å². The number of rotatable bonds is 6. The number of alkyl halides is 3. The van der Waals surface area contributed by atoms with Crippen molar-refractivity contribution < 1.29 is 26.0 Å². The van der Waals surface area contributed by atoms with E-state index in [0.29, 0.717) is 18.2 Å². The Bertz CT molecular complexity index is 998. The van der Waals surface area contributed by atoms with Gasteiger partial charge in [0.1, 0.15) is 5.82 Å². The van der Waals surface area contributed by atoms with Gasteiger partial charge in [-0.3, -0.25) is 0 Å². The van der Waals surface area contributed by atoms with Crippen molar-refractivity contribution in [1.82, 2.24) is 10.6 Å². The number of sulfonamides is 1. The summed E-state index contributed by atoms with van der Waals surface area (Å²) in [7, 11) is -3.86. The number of primary sulfonamides is 1. The zero-order valence-electron chi connectivity index (χ0n) is 15.8. The van der Waals surface area contributed by atoms with Gasteiger partial charge in [0.2, 0.25) is 10.0 Å². The largest absolute Gasteiger partial charge is 0.416 e. The first-order valence-corrected chi connectivity index (χ1v) is 10.0. The van der Waals surface area contributed by atoms with Gasteiger partial charge >= 0.3 is 6.18 Å². The lowest BCUT2D eigenvalue weighted by molar-refractivity contribution is -0.138. The fourth-order valence-corrected chi connectivity index (χ4v) is 3.06. The molecule has 2 aromatic rings. The van der Waals surface area contributed by atoms with Gasteiger partial charge < -0.3 is 10.6 Å². The van der Waals surface area contributed by atoms with Gasteiger partial charge in [0.25, 0.3) is 0 Å². The topological polar surface area (TPSA) is 96.6 Å². The number of nitrogens with one attached hydrogen (secondary N) is 2. The fraction of sp³-hybridized carbons (Fsp3) is 0.278. The van der Waals surface area contributed by atoms with Crippen LogP contribution in [-0.4, -0.2) is 20.9 Å². The molecule has 0 bridgehead atoms. The molecular weight excluding hydrogens is 539 g/mol. The maximum absolute atomic E-state index is 13.2. The molecule has 0 aliphatic heterocycles. The average molecular weight is 560 g/mol. The molecule has 2 aromatic carbocycles. The van der Waals surface area contributed by atoms with Crippen molar-refractivity contribution in [3.8, 4) is 0 Å². The SMILES string of the molecule is CCNC(=NCc1cccc(S(N)(=O)=O)c1)NCc1ccc(F)cc1C(F)(F)F.I. The van der Waals surface area contributed by atoms with E-state index in [2.05, 4.69) is 15.6 Å². The molecular formula is C18H21F4IN4O2S. The minimum Gasteiger partial charge on any atom is -0.357 e. The molecule has 166 valence electrons. The third kappa shape index (κ3) is 7.72. The van der Waals surface area contributed by atoms with E-state index < -0.39 is 27.6 Å². The molecule has 12 heteroatoms. The summed E-state index contributed by atoms with van der Waals surface area (Å²) in [6, 6.07) is 8.32. The van der Waals surface area contributed by atoms with Gasteiger partial charge in [-0.25, -0.2) is 22.9 Å². The molecule has 0 spiro atoms. The summed E-state index contributed by atoms with van der Waals surface area (Å²) in [5.74, 6) is -0.762. The Morgan fingerprint density at radius 2 is 1.83 bits per heavy atom. The van der Waals surface area contributed by atoms with Crippen molar-refractivity contribution in [3.63, 3.8) is 0 Å². The van der Waals surface area contributed by atoms with E-state index in [0.717, 1.165) is 12.1 Å². The summed E-state index contributed by atoms with van der Waals surface area (Å²) >= 11 is 0. The molecule has 0 saturated heterocycles. The zero-order valence-corrected chi connectivity index (χ0v) is 19.0. The Kier molecular flexibility index (Phi) is 9.49. The van der Waals surface area contributed by atoms with Crippen molar-refractivity contribution in [3.05, 3.63) is 65.0 Å². The molecule has 0 aromatic heterocycles. The van der Waals surface area contributed by atoms with Crippen LogP contribution >= 0.6 is 24.0 Å². The molecule has 0 heterocycles. The standard InChI is InChI=1S/C18H20F4N4O2S.HI/c1-2-24-17(25-10-12-4-3-5-15(8-12)29(23,27)28)26-11-13-6-7-14(19)9-16(13)18(20,21)22;/h3-9H,2,10-11H2,1H3,(H2,23,27,28)(H2,24,25,26);1H. The summed E-state index contributed by atoms with van der Waals surface area (Å²) in [5.41, 5.74) is -0.658. The fourth-order valence-electron chi connectivity index (χ4n) is 2.48. The monoisotopic (exact) mass is 560 g/mol. The number of hydrogen-bond donors (Lipinski definition) is 3. The number of hydrogen-bond acceptors (Lipinski definition) is 3. The highest BCUT2D eigenvalue weighted by Crippen LogP contribution is 2.32. The summed E-state index contributed by atoms with van der Waals surface area (Å²) < 4.78 is 75.4. The first kappa shape index (κ1) is 26.1. The second-order valence-corrected chi connectivity index (χ2v) is 7.60. The average Bonchev–Trinajstić information content (AvgIpc) is 2.63. The van der Waals surface area contributed by atoms with Crippen LogP contribution in [0.2, 0.25) is 0 Å². The highest BCUT2D eigenvalue weighted by molar-refractivity contribution is 14.0. The Morgan fingerprint density at radius 3 is 2.43 bits per heavy atom. The number of nitrogens with two attached hydrogens (primary N) is 1. The minimum absolute atomic E-state index is 0. The third-order valence-corrected chi connectivity index (χ3v) is 4.73. The van der Waals surface area contributed by atoms with E-state index in [4.69, 9.17) is 5.14 Å². The van der Waals surface area contributed by atoms with Crippen molar-refractivity contribution in [2.24, 2.45) is 10.1 Å². The van der Waals surface area contributed by atoms with Crippen molar-refractivity contribution in [1.29, 1.82) is 0 Å². The lowest BCUT2D eigenvalue weighted by Crippen LogP contribution is -2.37. The quantitative estimate of drug-likeness (QED) is 0.219. The van der Waals surface area contributed by atoms with Gasteiger partial charge in [-0.05, 0) is 42.3 Å². The predicted molar refractivity (Wildman–Crippen MR) is 116 cm³/mol. The number of benzene rings is 2. The van der Waals surface area contributed by atoms with Gasteiger partial charge in [-0.15, -0.1) is 24.0 Å². The van der Waals surface area contributed by atoms with Crippen LogP contribution in [0.15, 0.2) is 52.4 Å². The Morgan fingerprint density at radius 1 is 1.13 bits per heavy atom. The zero-order chi connectivity index (χ0) is 21.7. The van der Waals surface area contributed by atoms with Crippen molar-refractivity contribution in [2.45, 2.75) is 31.1 Å². The Hall–Kier alpha value is -1.93. The van der Waals surface area contributed by atoms with E-state index in [1.165, 1.54) is 18.2 Å². The van der Waals surface area contributed by atoms with Crippen LogP contribution in [0.1, 0.15) is 23.6 Å². The highest BCUT2D eigenvalue weighted by atomic mass is 127. The molecule has 6 nitrogen and oxygen atoms in total. The molecule has 0 amide bonds. The number of nitrogens with zero attached hydrogens (tertiary/aromatic N) is 1. The summed E-state index contributed by atoms with van der Waals surface area (Å²) in [5, 5.41) is 10.7. The predicted octanol–water partition coefficient (Wildman–Crippen LogP) is 3.37. The van der Waals surface area contributed by atoms with E-state index >= 15 is 0 Å². The molecule has 4 N–H and O–H groups in total. The molecule has 0 fully saturated rings. The van der Waals surface area contributed by atoms with Gasteiger partial charge in [0.15, 0.2) is 5.96 Å². The van der Waals surface area contributed by atoms with E-state index in [-0.39, 0.29) is 53.5 Å². The normalized spacial score (nSPS) is 12.3. The second kappa shape index (κ2) is 10.9. The molecule has 0 aliphatic rings. The lowest BCUT2D eigenvalue weighted by atomic mass is 10.1. The maximum Gasteiger partial charge on any atom is 0.416 e. The third-order valence-electron chi connectivity index (χ3n) is 3.81. The van der Waals surface area contributed by atoms with Crippen LogP contribution in [0.25, 0.3) is 0 Å². The molecule has 0 radical (unpaired) electrons. The summed E-state index contributed by atoms with van der Waals surface area (Å²) in [6.45, 7) is 2.04. The lowest BCUT2D eigenvalue weighted by Gasteiger charge is -2.16. The first-order valence-electron chi connectivity index (χ1n) is 8.50. The van der Waals surface area contributed by atoms with Gasteiger partial charge in [0, 0.05) is 13.1 Å². The van der Waals surface area contributed by atoms with Crippen LogP contribution < -0.4 is 15.8 Å². The van der Waals surface area contributed by atoms with E-state index in [9.17, 15) is 26.0 Å². The van der Waals surface area contributed by atoms with E-state index in [1.807, 2.05) is 0 Å². The van der Waals surface area contributed by atoms with E-state index in [1.54, 1.807) is 13.0 Å². The van der Waals surface area contributed by atoms with Crippen LogP contribution in [-0.2, 0) is 29.3 Å². The second-order valence-electron chi connectivity index (χ2n) is 6.04. The molecule has 2 rings (SSSR count). The van der Waals surface area contributed by atoms with Crippen LogP contribution in [0.3, 0.4) is 0 Å². The summed E-state index contributed by atoms with van der Waals surface area (Å²) in [6.07, 6.45) is -4.69. The van der Waals surface area contributed by atoms with Crippen LogP contribution in [0.5, 0.6) is 0 Å². The van der Waals surface area contributed by atoms with Crippen LogP contribution in [0, 0.1) is 5.82 Å². The van der Waals surface area contributed by atoms with Gasteiger partial charge in [-0.1, -0.05) is 18.2 Å². The van der Waals surface area contributed by atoms with Gasteiger partial charge in [0.05, 0.1) is 17.0 Å². The van der Waals surface area contributed by atoms with Crippen molar-refractivity contribution >= 4 is 40.0 Å². The minimum atomic E-state index is -4.69. The molecule has 30 heavy (non-hydrogen) atoms. The molecule has 0 atom stereocenters. The maximum atomic E-state index is 13.2. The summed E-state index contributed by atoms with van der Waals surface area (Å²) in [4.78, 5) is 4.17. The smallest absolute Gasteiger partial charge is 0.357 e. The Balaban J connectivity index is 0.00000450. The highest BCUT2D eigenvalue weighted by Gasteiger charge is 2.33. The van der Waals surface area contributed by atoms with Crippen molar-refractivity contribution in [2.75, 3.05) is 6.54 Å². The molecule has 0 unspecified atom stereocenters. The number of aliphatic imine (C=N–C) groups is 1. The molecule has 0 aliphatic carbocycles. The number of guanidine groups is 1. The van der Waals surface area contributed by atoms with Crippen LogP contribution in [0.4, 0.5) is 17.6 Å². The molecule has 0 saturated carbocycles. The Labute approximate surface area is 189 Å².